The van der Waals surface area contributed by atoms with Gasteiger partial charge in [0.2, 0.25) is 5.91 Å². The molecule has 0 bridgehead atoms. The number of hydrogen-bond donors (Lipinski definition) is 1. The molecule has 1 atom stereocenters. The molecule has 1 aliphatic heterocycles. The van der Waals surface area contributed by atoms with Gasteiger partial charge in [0, 0.05) is 19.0 Å². The summed E-state index contributed by atoms with van der Waals surface area (Å²) in [6.45, 7) is 11.1. The third-order valence-corrected chi connectivity index (χ3v) is 6.77. The maximum atomic E-state index is 12.5. The van der Waals surface area contributed by atoms with E-state index in [4.69, 9.17) is 0 Å². The van der Waals surface area contributed by atoms with Crippen molar-refractivity contribution in [3.63, 3.8) is 0 Å². The summed E-state index contributed by atoms with van der Waals surface area (Å²) in [5.74, 6) is -0.364. The van der Waals surface area contributed by atoms with Crippen molar-refractivity contribution in [2.24, 2.45) is 0 Å². The van der Waals surface area contributed by atoms with Crippen LogP contribution in [-0.4, -0.2) is 50.7 Å². The maximum absolute atomic E-state index is 12.5. The molecule has 6 heteroatoms. The minimum absolute atomic E-state index is 0.00389. The third kappa shape index (κ3) is 5.81. The molecule has 1 amide bonds. The fourth-order valence-electron chi connectivity index (χ4n) is 3.17. The third-order valence-electron chi connectivity index (χ3n) is 5.04. The van der Waals surface area contributed by atoms with Crippen molar-refractivity contribution in [1.29, 1.82) is 0 Å². The largest absolute Gasteiger partial charge is 0.355 e. The number of nitrogens with one attached hydrogen (secondary N) is 1. The Morgan fingerprint density at radius 1 is 1.15 bits per heavy atom. The molecule has 1 saturated heterocycles. The summed E-state index contributed by atoms with van der Waals surface area (Å²) in [4.78, 5) is 14.7. The lowest BCUT2D eigenvalue weighted by molar-refractivity contribution is -0.120. The Labute approximate surface area is 158 Å². The molecule has 5 nitrogen and oxygen atoms in total. The molecule has 1 aromatic carbocycles. The number of carbonyl (C=O) groups is 1. The van der Waals surface area contributed by atoms with Crippen LogP contribution in [0.1, 0.15) is 52.5 Å². The van der Waals surface area contributed by atoms with Gasteiger partial charge >= 0.3 is 0 Å². The van der Waals surface area contributed by atoms with E-state index in [1.807, 2.05) is 12.1 Å². The fraction of sp³-hybridized carbons (Fsp3) is 0.650. The first-order valence-electron chi connectivity index (χ1n) is 9.43. The van der Waals surface area contributed by atoms with Gasteiger partial charge in [-0.25, -0.2) is 8.42 Å². The van der Waals surface area contributed by atoms with Crippen LogP contribution in [0.5, 0.6) is 0 Å². The predicted molar refractivity (Wildman–Crippen MR) is 105 cm³/mol. The highest BCUT2D eigenvalue weighted by atomic mass is 32.2. The van der Waals surface area contributed by atoms with Gasteiger partial charge in [0.05, 0.1) is 10.6 Å². The summed E-state index contributed by atoms with van der Waals surface area (Å²) in [5.41, 5.74) is 1.07. The van der Waals surface area contributed by atoms with Crippen molar-refractivity contribution in [2.45, 2.75) is 63.3 Å². The molecule has 1 heterocycles. The van der Waals surface area contributed by atoms with Gasteiger partial charge in [0.15, 0.2) is 9.84 Å². The summed E-state index contributed by atoms with van der Waals surface area (Å²) in [6.07, 6.45) is 2.42. The van der Waals surface area contributed by atoms with Crippen LogP contribution < -0.4 is 5.32 Å². The molecule has 1 aromatic rings. The van der Waals surface area contributed by atoms with E-state index in [0.29, 0.717) is 12.6 Å². The normalized spacial score (nSPS) is 17.2. The topological polar surface area (TPSA) is 66.5 Å². The van der Waals surface area contributed by atoms with Gasteiger partial charge in [-0.3, -0.25) is 9.69 Å². The zero-order chi connectivity index (χ0) is 19.4. The van der Waals surface area contributed by atoms with Crippen LogP contribution in [0.3, 0.4) is 0 Å². The molecular weight excluding hydrogens is 348 g/mol. The van der Waals surface area contributed by atoms with Gasteiger partial charge in [-0.05, 0) is 56.0 Å². The predicted octanol–water partition coefficient (Wildman–Crippen LogP) is 2.75. The molecule has 0 radical (unpaired) electrons. The highest BCUT2D eigenvalue weighted by Crippen LogP contribution is 2.24. The molecule has 0 aromatic heterocycles. The number of nitrogens with zero attached hydrogens (tertiary/aromatic N) is 1. The van der Waals surface area contributed by atoms with Crippen LogP contribution in [0.15, 0.2) is 29.2 Å². The molecule has 2 rings (SSSR count). The Kier molecular flexibility index (Phi) is 6.86. The molecule has 1 aliphatic rings. The Hall–Kier alpha value is -1.40. The average Bonchev–Trinajstić information content (AvgIpc) is 3.12. The average molecular weight is 381 g/mol. The van der Waals surface area contributed by atoms with Gasteiger partial charge in [0.1, 0.15) is 0 Å². The number of amides is 1. The van der Waals surface area contributed by atoms with Crippen LogP contribution in [0.25, 0.3) is 0 Å². The number of hydrogen-bond acceptors (Lipinski definition) is 4. The zero-order valence-corrected chi connectivity index (χ0v) is 17.2. The van der Waals surface area contributed by atoms with Crippen molar-refractivity contribution in [1.82, 2.24) is 10.2 Å². The highest BCUT2D eigenvalue weighted by Gasteiger charge is 2.21. The first-order chi connectivity index (χ1) is 12.1. The van der Waals surface area contributed by atoms with Crippen molar-refractivity contribution in [3.05, 3.63) is 29.8 Å². The van der Waals surface area contributed by atoms with Crippen LogP contribution in [0.2, 0.25) is 0 Å². The van der Waals surface area contributed by atoms with E-state index in [9.17, 15) is 13.2 Å². The minimum Gasteiger partial charge on any atom is -0.355 e. The van der Waals surface area contributed by atoms with E-state index in [1.165, 1.54) is 12.8 Å². The van der Waals surface area contributed by atoms with Crippen molar-refractivity contribution >= 4 is 15.7 Å². The van der Waals surface area contributed by atoms with E-state index < -0.39 is 9.84 Å². The first kappa shape index (κ1) is 20.9. The van der Waals surface area contributed by atoms with Gasteiger partial charge in [-0.1, -0.05) is 32.9 Å². The van der Waals surface area contributed by atoms with Crippen molar-refractivity contribution in [3.8, 4) is 0 Å². The summed E-state index contributed by atoms with van der Waals surface area (Å²) in [5, 5.41) is 2.87. The fourth-order valence-corrected chi connectivity index (χ4v) is 4.41. The number of sulfone groups is 1. The second kappa shape index (κ2) is 8.53. The maximum Gasteiger partial charge on any atom is 0.221 e. The number of benzene rings is 1. The Morgan fingerprint density at radius 3 is 2.27 bits per heavy atom. The monoisotopic (exact) mass is 380 g/mol. The minimum atomic E-state index is -3.44. The van der Waals surface area contributed by atoms with Gasteiger partial charge in [-0.15, -0.1) is 0 Å². The smallest absolute Gasteiger partial charge is 0.221 e. The molecule has 0 aliphatic carbocycles. The van der Waals surface area contributed by atoms with Gasteiger partial charge in [-0.2, -0.15) is 0 Å². The summed E-state index contributed by atoms with van der Waals surface area (Å²) >= 11 is 0. The molecule has 1 fully saturated rings. The number of carbonyl (C=O) groups excluding carboxylic acids is 1. The molecule has 1 unspecified atom stereocenters. The van der Waals surface area contributed by atoms with Crippen LogP contribution >= 0.6 is 0 Å². The molecule has 26 heavy (non-hydrogen) atoms. The SMILES string of the molecule is CC(CNC(=O)CCS(=O)(=O)c1ccc(C(C)(C)C)cc1)N1CCCC1. The Bertz CT molecular complexity index is 700. The number of rotatable bonds is 7. The van der Waals surface area contributed by atoms with E-state index in [-0.39, 0.29) is 28.4 Å². The van der Waals surface area contributed by atoms with E-state index in [0.717, 1.165) is 18.7 Å². The quantitative estimate of drug-likeness (QED) is 0.790. The van der Waals surface area contributed by atoms with E-state index >= 15 is 0 Å². The first-order valence-corrected chi connectivity index (χ1v) is 11.1. The second-order valence-corrected chi connectivity index (χ2v) is 10.3. The molecule has 0 spiro atoms. The van der Waals surface area contributed by atoms with Crippen LogP contribution in [0, 0.1) is 0 Å². The Balaban J connectivity index is 1.84. The summed E-state index contributed by atoms with van der Waals surface area (Å²) in [7, 11) is -3.44. The lowest BCUT2D eigenvalue weighted by atomic mass is 9.87. The molecular formula is C20H32N2O3S. The standard InChI is InChI=1S/C20H32N2O3S/c1-16(22-12-5-6-13-22)15-21-19(23)11-14-26(24,25)18-9-7-17(8-10-18)20(2,3)4/h7-10,16H,5-6,11-15H2,1-4H3,(H,21,23). The van der Waals surface area contributed by atoms with E-state index in [2.05, 4.69) is 37.9 Å². The lowest BCUT2D eigenvalue weighted by Gasteiger charge is -2.23. The molecule has 1 N–H and O–H groups in total. The molecule has 0 saturated carbocycles. The molecule has 146 valence electrons. The summed E-state index contributed by atoms with van der Waals surface area (Å²) in [6, 6.07) is 7.28. The number of likely N-dealkylation sites (tertiary alicyclic amines) is 1. The second-order valence-electron chi connectivity index (χ2n) is 8.24. The van der Waals surface area contributed by atoms with Crippen LogP contribution in [0.4, 0.5) is 0 Å². The Morgan fingerprint density at radius 2 is 1.73 bits per heavy atom. The lowest BCUT2D eigenvalue weighted by Crippen LogP contribution is -2.41. The highest BCUT2D eigenvalue weighted by molar-refractivity contribution is 7.91. The van der Waals surface area contributed by atoms with Crippen LogP contribution in [-0.2, 0) is 20.0 Å². The summed E-state index contributed by atoms with van der Waals surface area (Å²) < 4.78 is 24.9. The van der Waals surface area contributed by atoms with Crippen molar-refractivity contribution < 1.29 is 13.2 Å². The zero-order valence-electron chi connectivity index (χ0n) is 16.4. The van der Waals surface area contributed by atoms with Gasteiger partial charge in [0.25, 0.3) is 0 Å². The van der Waals surface area contributed by atoms with Crippen molar-refractivity contribution in [2.75, 3.05) is 25.4 Å². The van der Waals surface area contributed by atoms with E-state index in [1.54, 1.807) is 12.1 Å². The van der Waals surface area contributed by atoms with Gasteiger partial charge < -0.3 is 5.32 Å².